The molecule has 6 nitrogen and oxygen atoms in total. The molecule has 2 aliphatic rings. The van der Waals surface area contributed by atoms with Crippen LogP contribution in [0.25, 0.3) is 0 Å². The van der Waals surface area contributed by atoms with E-state index in [2.05, 4.69) is 10.0 Å². The van der Waals surface area contributed by atoms with Crippen molar-refractivity contribution in [3.8, 4) is 0 Å². The van der Waals surface area contributed by atoms with Crippen LogP contribution in [-0.2, 0) is 15.0 Å². The van der Waals surface area contributed by atoms with Crippen LogP contribution in [0.2, 0.25) is 0 Å². The Labute approximate surface area is 148 Å². The smallest absolute Gasteiger partial charge is 0.280 e. The summed E-state index contributed by atoms with van der Waals surface area (Å²) in [5, 5.41) is 3.01. The largest absolute Gasteiger partial charge is 0.352 e. The van der Waals surface area contributed by atoms with Crippen LogP contribution in [-0.4, -0.2) is 37.8 Å². The third kappa shape index (κ3) is 4.19. The highest BCUT2D eigenvalue weighted by Gasteiger charge is 2.41. The number of nitrogens with one attached hydrogen (secondary N) is 2. The third-order valence-corrected chi connectivity index (χ3v) is 6.69. The predicted octanol–water partition coefficient (Wildman–Crippen LogP) is 1.85. The lowest BCUT2D eigenvalue weighted by Gasteiger charge is -2.37. The van der Waals surface area contributed by atoms with Gasteiger partial charge in [0.1, 0.15) is 11.9 Å². The number of rotatable bonds is 3. The van der Waals surface area contributed by atoms with Gasteiger partial charge in [0.25, 0.3) is 10.2 Å². The molecule has 0 aromatic heterocycles. The molecule has 0 radical (unpaired) electrons. The molecule has 1 saturated carbocycles. The quantitative estimate of drug-likeness (QED) is 0.854. The van der Waals surface area contributed by atoms with Gasteiger partial charge in [0, 0.05) is 19.1 Å². The van der Waals surface area contributed by atoms with Crippen LogP contribution in [0.15, 0.2) is 24.3 Å². The topological polar surface area (TPSA) is 78.5 Å². The van der Waals surface area contributed by atoms with Gasteiger partial charge in [-0.3, -0.25) is 4.79 Å². The number of nitrogens with zero attached hydrogens (tertiary/aromatic N) is 1. The van der Waals surface area contributed by atoms with Crippen molar-refractivity contribution in [1.29, 1.82) is 0 Å². The summed E-state index contributed by atoms with van der Waals surface area (Å²) in [5.74, 6) is -0.641. The fourth-order valence-corrected chi connectivity index (χ4v) is 4.84. The molecule has 0 spiro atoms. The highest BCUT2D eigenvalue weighted by molar-refractivity contribution is 7.87. The molecule has 1 aromatic carbocycles. The molecule has 3 rings (SSSR count). The summed E-state index contributed by atoms with van der Waals surface area (Å²) < 4.78 is 41.6. The van der Waals surface area contributed by atoms with E-state index in [1.165, 1.54) is 25.6 Å². The Morgan fingerprint density at radius 2 is 1.84 bits per heavy atom. The van der Waals surface area contributed by atoms with E-state index < -0.39 is 22.3 Å². The number of carbonyl (C=O) groups is 1. The lowest BCUT2D eigenvalue weighted by Crippen LogP contribution is -2.58. The van der Waals surface area contributed by atoms with Crippen LogP contribution < -0.4 is 10.0 Å². The van der Waals surface area contributed by atoms with Gasteiger partial charge in [-0.2, -0.15) is 17.4 Å². The molecule has 8 heteroatoms. The number of hydrogen-bond donors (Lipinski definition) is 2. The van der Waals surface area contributed by atoms with E-state index in [4.69, 9.17) is 0 Å². The molecule has 1 aliphatic heterocycles. The third-order valence-electron chi connectivity index (χ3n) is 5.09. The summed E-state index contributed by atoms with van der Waals surface area (Å²) in [7, 11) is -2.36. The molecule has 0 unspecified atom stereocenters. The number of likely N-dealkylation sites (N-methyl/N-ethyl adjacent to an activating group) is 1. The van der Waals surface area contributed by atoms with Crippen molar-refractivity contribution in [3.63, 3.8) is 0 Å². The second-order valence-electron chi connectivity index (χ2n) is 6.84. The van der Waals surface area contributed by atoms with Gasteiger partial charge in [-0.1, -0.05) is 31.4 Å². The minimum atomic E-state index is -3.78. The van der Waals surface area contributed by atoms with Crippen LogP contribution in [0.5, 0.6) is 0 Å². The minimum absolute atomic E-state index is 0.122. The zero-order valence-corrected chi connectivity index (χ0v) is 15.1. The molecule has 2 N–H and O–H groups in total. The molecule has 1 aliphatic carbocycles. The monoisotopic (exact) mass is 369 g/mol. The lowest BCUT2D eigenvalue weighted by atomic mass is 9.94. The van der Waals surface area contributed by atoms with E-state index in [9.17, 15) is 17.6 Å². The molecule has 1 heterocycles. The van der Waals surface area contributed by atoms with E-state index in [1.54, 1.807) is 12.1 Å². The Bertz CT molecular complexity index is 717. The molecular weight excluding hydrogens is 345 g/mol. The SMILES string of the molecule is CN1[C@@H](C(=O)NC2CCCCC2)C[C@@H](c2ccc(F)cc2)NS1(=O)=O. The Kier molecular flexibility index (Phi) is 5.41. The standard InChI is InChI=1S/C17H24FN3O3S/c1-21-16(17(22)19-14-5-3-2-4-6-14)11-15(20-25(21,23)24)12-7-9-13(18)10-8-12/h7-10,14-16,20H,2-6,11H2,1H3,(H,19,22)/t15-,16+/m0/s1. The van der Waals surface area contributed by atoms with E-state index in [-0.39, 0.29) is 17.8 Å². The van der Waals surface area contributed by atoms with E-state index >= 15 is 0 Å². The Balaban J connectivity index is 1.76. The minimum Gasteiger partial charge on any atom is -0.352 e. The molecular formula is C17H24FN3O3S. The van der Waals surface area contributed by atoms with E-state index in [0.717, 1.165) is 30.0 Å². The molecule has 138 valence electrons. The second-order valence-corrected chi connectivity index (χ2v) is 8.60. The van der Waals surface area contributed by atoms with Crippen molar-refractivity contribution in [1.82, 2.24) is 14.3 Å². The van der Waals surface area contributed by atoms with Gasteiger partial charge in [0.15, 0.2) is 0 Å². The van der Waals surface area contributed by atoms with Crippen molar-refractivity contribution in [2.75, 3.05) is 7.05 Å². The van der Waals surface area contributed by atoms with Crippen LogP contribution in [0.3, 0.4) is 0 Å². The normalized spacial score (nSPS) is 27.8. The molecule has 1 amide bonds. The van der Waals surface area contributed by atoms with Crippen molar-refractivity contribution in [3.05, 3.63) is 35.6 Å². The zero-order valence-electron chi connectivity index (χ0n) is 14.2. The van der Waals surface area contributed by atoms with Crippen molar-refractivity contribution in [2.45, 2.75) is 56.7 Å². The van der Waals surface area contributed by atoms with Gasteiger partial charge in [0.2, 0.25) is 5.91 Å². The molecule has 1 aromatic rings. The Morgan fingerprint density at radius 3 is 2.48 bits per heavy atom. The first-order chi connectivity index (χ1) is 11.9. The predicted molar refractivity (Wildman–Crippen MR) is 92.4 cm³/mol. The summed E-state index contributed by atoms with van der Waals surface area (Å²) >= 11 is 0. The van der Waals surface area contributed by atoms with Gasteiger partial charge < -0.3 is 5.32 Å². The molecule has 25 heavy (non-hydrogen) atoms. The Morgan fingerprint density at radius 1 is 1.20 bits per heavy atom. The van der Waals surface area contributed by atoms with Crippen molar-refractivity contribution in [2.24, 2.45) is 0 Å². The van der Waals surface area contributed by atoms with E-state index in [0.29, 0.717) is 12.0 Å². The maximum absolute atomic E-state index is 13.1. The highest BCUT2D eigenvalue weighted by atomic mass is 32.2. The first-order valence-electron chi connectivity index (χ1n) is 8.68. The first-order valence-corrected chi connectivity index (χ1v) is 10.1. The van der Waals surface area contributed by atoms with E-state index in [1.807, 2.05) is 0 Å². The molecule has 2 fully saturated rings. The second kappa shape index (κ2) is 7.39. The summed E-state index contributed by atoms with van der Waals surface area (Å²) in [6, 6.07) is 4.47. The average molecular weight is 369 g/mol. The number of benzene rings is 1. The summed E-state index contributed by atoms with van der Waals surface area (Å²) in [5.41, 5.74) is 0.647. The summed E-state index contributed by atoms with van der Waals surface area (Å²) in [6.45, 7) is 0. The lowest BCUT2D eigenvalue weighted by molar-refractivity contribution is -0.126. The van der Waals surface area contributed by atoms with Crippen LogP contribution >= 0.6 is 0 Å². The van der Waals surface area contributed by atoms with Crippen molar-refractivity contribution >= 4 is 16.1 Å². The Hall–Kier alpha value is -1.51. The number of hydrogen-bond acceptors (Lipinski definition) is 3. The number of carbonyl (C=O) groups excluding carboxylic acids is 1. The number of amides is 1. The fraction of sp³-hybridized carbons (Fsp3) is 0.588. The van der Waals surface area contributed by atoms with Crippen LogP contribution in [0, 0.1) is 5.82 Å². The fourth-order valence-electron chi connectivity index (χ4n) is 3.57. The van der Waals surface area contributed by atoms with Crippen molar-refractivity contribution < 1.29 is 17.6 Å². The maximum atomic E-state index is 13.1. The van der Waals surface area contributed by atoms with Gasteiger partial charge in [0.05, 0.1) is 0 Å². The van der Waals surface area contributed by atoms with Crippen LogP contribution in [0.1, 0.15) is 50.1 Å². The van der Waals surface area contributed by atoms with Gasteiger partial charge in [-0.15, -0.1) is 0 Å². The summed E-state index contributed by atoms with van der Waals surface area (Å²) in [4.78, 5) is 12.7. The molecule has 0 bridgehead atoms. The van der Waals surface area contributed by atoms with Crippen LogP contribution in [0.4, 0.5) is 4.39 Å². The number of halogens is 1. The maximum Gasteiger partial charge on any atom is 0.280 e. The first kappa shape index (κ1) is 18.3. The molecule has 1 saturated heterocycles. The van der Waals surface area contributed by atoms with Gasteiger partial charge in [-0.05, 0) is 37.0 Å². The average Bonchev–Trinajstić information content (AvgIpc) is 2.58. The van der Waals surface area contributed by atoms with Gasteiger partial charge in [-0.25, -0.2) is 4.39 Å². The summed E-state index contributed by atoms with van der Waals surface area (Å²) in [6.07, 6.45) is 5.54. The van der Waals surface area contributed by atoms with Gasteiger partial charge >= 0.3 is 0 Å². The highest BCUT2D eigenvalue weighted by Crippen LogP contribution is 2.28. The zero-order chi connectivity index (χ0) is 18.0. The molecule has 2 atom stereocenters.